The van der Waals surface area contributed by atoms with Gasteiger partial charge in [0.05, 0.1) is 27.9 Å². The van der Waals surface area contributed by atoms with Crippen LogP contribution in [0.3, 0.4) is 0 Å². The van der Waals surface area contributed by atoms with E-state index in [1.807, 2.05) is 24.3 Å². The van der Waals surface area contributed by atoms with E-state index in [1.165, 1.54) is 7.11 Å². The Labute approximate surface area is 196 Å². The van der Waals surface area contributed by atoms with Gasteiger partial charge in [0.15, 0.2) is 11.2 Å². The minimum absolute atomic E-state index is 0.355. The zero-order valence-corrected chi connectivity index (χ0v) is 19.1. The van der Waals surface area contributed by atoms with Crippen molar-refractivity contribution in [3.05, 3.63) is 81.9 Å². The fourth-order valence-electron chi connectivity index (χ4n) is 3.49. The Morgan fingerprint density at radius 2 is 1.97 bits per heavy atom. The van der Waals surface area contributed by atoms with E-state index in [0.29, 0.717) is 49.2 Å². The molecule has 5 aromatic rings. The number of rotatable bonds is 4. The monoisotopic (exact) mass is 507 g/mol. The highest BCUT2D eigenvalue weighted by Crippen LogP contribution is 2.37. The molecule has 0 aliphatic heterocycles. The van der Waals surface area contributed by atoms with Crippen LogP contribution in [0.4, 0.5) is 5.69 Å². The zero-order valence-electron chi connectivity index (χ0n) is 16.7. The number of carbonyl (C=O) groups is 1. The number of amides is 1. The molecule has 0 unspecified atom stereocenters. The van der Waals surface area contributed by atoms with Crippen molar-refractivity contribution in [2.45, 2.75) is 0 Å². The number of hydrogen-bond acceptors (Lipinski definition) is 5. The van der Waals surface area contributed by atoms with Gasteiger partial charge in [-0.15, -0.1) is 0 Å². The van der Waals surface area contributed by atoms with E-state index in [2.05, 4.69) is 31.2 Å². The average molecular weight is 509 g/mol. The molecule has 0 bridgehead atoms. The quantitative estimate of drug-likeness (QED) is 0.292. The van der Waals surface area contributed by atoms with E-state index in [0.717, 1.165) is 10.8 Å². The summed E-state index contributed by atoms with van der Waals surface area (Å²) in [5.74, 6) is 0.474. The van der Waals surface area contributed by atoms with Crippen molar-refractivity contribution in [2.75, 3.05) is 12.4 Å². The van der Waals surface area contributed by atoms with Crippen molar-refractivity contribution in [2.24, 2.45) is 0 Å². The molecule has 1 N–H and O–H groups in total. The lowest BCUT2D eigenvalue weighted by atomic mass is 10.0. The molecule has 0 aliphatic rings. The third-order valence-corrected chi connectivity index (χ3v) is 6.13. The molecule has 0 atom stereocenters. The SMILES string of the molecule is COc1c(C(=O)Nc2cc(-c3nc4ncccc4o3)ccc2Cl)cc2ccccc2c1Br. The maximum absolute atomic E-state index is 13.2. The lowest BCUT2D eigenvalue weighted by molar-refractivity contribution is 0.102. The number of methoxy groups -OCH3 is 1. The fraction of sp³-hybridized carbons (Fsp3) is 0.0417. The van der Waals surface area contributed by atoms with Gasteiger partial charge in [-0.05, 0) is 63.1 Å². The molecule has 0 aliphatic carbocycles. The van der Waals surface area contributed by atoms with E-state index in [-0.39, 0.29) is 5.91 Å². The van der Waals surface area contributed by atoms with Gasteiger partial charge in [-0.3, -0.25) is 4.79 Å². The van der Waals surface area contributed by atoms with Crippen LogP contribution in [0.25, 0.3) is 33.5 Å². The third kappa shape index (κ3) is 3.59. The number of halogens is 2. The van der Waals surface area contributed by atoms with Crippen molar-refractivity contribution in [3.8, 4) is 17.2 Å². The standard InChI is InChI=1S/C24H15BrClN3O3/c1-31-21-16(11-13-5-2-3-6-15(13)20(21)25)23(30)28-18-12-14(8-9-17(18)26)24-29-22-19(32-24)7-4-10-27-22/h2-12H,1H3,(H,28,30). The van der Waals surface area contributed by atoms with Crippen LogP contribution in [0.1, 0.15) is 10.4 Å². The number of benzene rings is 3. The van der Waals surface area contributed by atoms with E-state index in [9.17, 15) is 4.79 Å². The third-order valence-electron chi connectivity index (χ3n) is 5.02. The van der Waals surface area contributed by atoms with Crippen LogP contribution >= 0.6 is 27.5 Å². The van der Waals surface area contributed by atoms with Crippen LogP contribution in [0, 0.1) is 0 Å². The predicted molar refractivity (Wildman–Crippen MR) is 128 cm³/mol. The smallest absolute Gasteiger partial charge is 0.259 e. The molecule has 8 heteroatoms. The number of ether oxygens (including phenoxy) is 1. The van der Waals surface area contributed by atoms with Crippen molar-refractivity contribution >= 4 is 61.1 Å². The Bertz CT molecular complexity index is 1470. The summed E-state index contributed by atoms with van der Waals surface area (Å²) in [6.07, 6.45) is 1.65. The van der Waals surface area contributed by atoms with Crippen LogP contribution in [-0.4, -0.2) is 23.0 Å². The van der Waals surface area contributed by atoms with Crippen molar-refractivity contribution in [1.29, 1.82) is 0 Å². The van der Waals surface area contributed by atoms with Gasteiger partial charge in [0, 0.05) is 11.8 Å². The molecule has 2 heterocycles. The van der Waals surface area contributed by atoms with Crippen LogP contribution < -0.4 is 10.1 Å². The minimum Gasteiger partial charge on any atom is -0.495 e. The summed E-state index contributed by atoms with van der Waals surface area (Å²) in [6, 6.07) is 18.3. The molecule has 5 rings (SSSR count). The zero-order chi connectivity index (χ0) is 22.2. The highest BCUT2D eigenvalue weighted by atomic mass is 79.9. The van der Waals surface area contributed by atoms with E-state index in [1.54, 1.807) is 42.6 Å². The maximum atomic E-state index is 13.2. The van der Waals surface area contributed by atoms with Crippen molar-refractivity contribution in [3.63, 3.8) is 0 Å². The molecular weight excluding hydrogens is 494 g/mol. The topological polar surface area (TPSA) is 77.2 Å². The van der Waals surface area contributed by atoms with Gasteiger partial charge in [0.1, 0.15) is 5.75 Å². The van der Waals surface area contributed by atoms with E-state index < -0.39 is 0 Å². The van der Waals surface area contributed by atoms with Gasteiger partial charge in [0.2, 0.25) is 5.89 Å². The summed E-state index contributed by atoms with van der Waals surface area (Å²) in [4.78, 5) is 21.8. The minimum atomic E-state index is -0.355. The summed E-state index contributed by atoms with van der Waals surface area (Å²) < 4.78 is 12.0. The number of oxazole rings is 1. The first-order valence-corrected chi connectivity index (χ1v) is 10.8. The van der Waals surface area contributed by atoms with Crippen molar-refractivity contribution in [1.82, 2.24) is 9.97 Å². The first-order chi connectivity index (χ1) is 15.5. The number of pyridine rings is 1. The predicted octanol–water partition coefficient (Wildman–Crippen LogP) is 6.72. The number of hydrogen-bond donors (Lipinski definition) is 1. The molecular formula is C24H15BrClN3O3. The number of nitrogens with one attached hydrogen (secondary N) is 1. The second-order valence-corrected chi connectivity index (χ2v) is 8.19. The Morgan fingerprint density at radius 3 is 2.78 bits per heavy atom. The Balaban J connectivity index is 1.53. The second kappa shape index (κ2) is 8.26. The highest BCUT2D eigenvalue weighted by Gasteiger charge is 2.20. The Kier molecular flexibility index (Phi) is 5.28. The molecule has 2 aromatic heterocycles. The molecule has 0 radical (unpaired) electrons. The number of fused-ring (bicyclic) bond motifs is 2. The average Bonchev–Trinajstić information content (AvgIpc) is 3.25. The number of nitrogens with zero attached hydrogens (tertiary/aromatic N) is 2. The van der Waals surface area contributed by atoms with Gasteiger partial charge in [0.25, 0.3) is 5.91 Å². The first-order valence-electron chi connectivity index (χ1n) is 9.63. The molecule has 1 amide bonds. The fourth-order valence-corrected chi connectivity index (χ4v) is 4.39. The molecule has 158 valence electrons. The molecule has 0 saturated carbocycles. The summed E-state index contributed by atoms with van der Waals surface area (Å²) in [5, 5.41) is 5.12. The molecule has 3 aromatic carbocycles. The Morgan fingerprint density at radius 1 is 1.12 bits per heavy atom. The van der Waals surface area contributed by atoms with E-state index in [4.69, 9.17) is 20.8 Å². The van der Waals surface area contributed by atoms with Crippen LogP contribution in [0.15, 0.2) is 75.8 Å². The molecule has 32 heavy (non-hydrogen) atoms. The summed E-state index contributed by atoms with van der Waals surface area (Å²) in [6.45, 7) is 0. The summed E-state index contributed by atoms with van der Waals surface area (Å²) in [7, 11) is 1.53. The first kappa shape index (κ1) is 20.5. The van der Waals surface area contributed by atoms with Crippen molar-refractivity contribution < 1.29 is 13.9 Å². The number of anilines is 1. The molecule has 0 spiro atoms. The molecule has 0 fully saturated rings. The maximum Gasteiger partial charge on any atom is 0.259 e. The van der Waals surface area contributed by atoms with Crippen LogP contribution in [-0.2, 0) is 0 Å². The van der Waals surface area contributed by atoms with Gasteiger partial charge < -0.3 is 14.5 Å². The van der Waals surface area contributed by atoms with Gasteiger partial charge in [-0.2, -0.15) is 4.98 Å². The van der Waals surface area contributed by atoms with Gasteiger partial charge >= 0.3 is 0 Å². The highest BCUT2D eigenvalue weighted by molar-refractivity contribution is 9.10. The largest absolute Gasteiger partial charge is 0.495 e. The summed E-state index contributed by atoms with van der Waals surface area (Å²) >= 11 is 9.94. The lowest BCUT2D eigenvalue weighted by Crippen LogP contribution is -2.14. The normalized spacial score (nSPS) is 11.1. The van der Waals surface area contributed by atoms with E-state index >= 15 is 0 Å². The Hall–Kier alpha value is -3.42. The summed E-state index contributed by atoms with van der Waals surface area (Å²) in [5.41, 5.74) is 2.55. The number of carbonyl (C=O) groups excluding carboxylic acids is 1. The molecule has 6 nitrogen and oxygen atoms in total. The van der Waals surface area contributed by atoms with Crippen LogP contribution in [0.5, 0.6) is 5.75 Å². The lowest BCUT2D eigenvalue weighted by Gasteiger charge is -2.14. The van der Waals surface area contributed by atoms with Crippen LogP contribution in [0.2, 0.25) is 5.02 Å². The van der Waals surface area contributed by atoms with Gasteiger partial charge in [-0.25, -0.2) is 4.98 Å². The van der Waals surface area contributed by atoms with Gasteiger partial charge in [-0.1, -0.05) is 35.9 Å². The number of aromatic nitrogens is 2. The molecule has 0 saturated heterocycles. The second-order valence-electron chi connectivity index (χ2n) is 6.99.